The summed E-state index contributed by atoms with van der Waals surface area (Å²) in [5.74, 6) is 0.716. The lowest BCUT2D eigenvalue weighted by atomic mass is 9.82. The van der Waals surface area contributed by atoms with Gasteiger partial charge in [-0.05, 0) is 24.3 Å². The molecule has 0 spiro atoms. The smallest absolute Gasteiger partial charge is 0.213 e. The lowest BCUT2D eigenvalue weighted by Gasteiger charge is -2.24. The lowest BCUT2D eigenvalue weighted by Crippen LogP contribution is -2.16. The Hall–Kier alpha value is -1.05. The highest BCUT2D eigenvalue weighted by atomic mass is 16.5. The van der Waals surface area contributed by atoms with E-state index in [0.717, 1.165) is 0 Å². The molecule has 0 radical (unpaired) electrons. The molecule has 2 nitrogen and oxygen atoms in total. The standard InChI is InChI=1S/C13H21NO/c1-5-9-13(3,4)11-7-8-12(14-10-11)15-6-2/h7-8,10H,5-6,9H2,1-4H3. The van der Waals surface area contributed by atoms with Gasteiger partial charge in [0.25, 0.3) is 0 Å². The molecule has 0 saturated carbocycles. The first kappa shape index (κ1) is 12.0. The Kier molecular flexibility index (Phi) is 4.13. The maximum absolute atomic E-state index is 5.32. The molecule has 15 heavy (non-hydrogen) atoms. The topological polar surface area (TPSA) is 22.1 Å². The average Bonchev–Trinajstić information content (AvgIpc) is 2.19. The van der Waals surface area contributed by atoms with E-state index >= 15 is 0 Å². The highest BCUT2D eigenvalue weighted by Gasteiger charge is 2.19. The molecule has 0 saturated heterocycles. The maximum atomic E-state index is 5.32. The van der Waals surface area contributed by atoms with Gasteiger partial charge in [-0.3, -0.25) is 0 Å². The van der Waals surface area contributed by atoms with Crippen LogP contribution in [-0.4, -0.2) is 11.6 Å². The molecule has 1 aromatic rings. The van der Waals surface area contributed by atoms with Crippen LogP contribution in [0.1, 0.15) is 46.1 Å². The highest BCUT2D eigenvalue weighted by molar-refractivity contribution is 5.24. The summed E-state index contributed by atoms with van der Waals surface area (Å²) < 4.78 is 5.32. The van der Waals surface area contributed by atoms with Crippen molar-refractivity contribution in [2.24, 2.45) is 0 Å². The third-order valence-electron chi connectivity index (χ3n) is 2.69. The van der Waals surface area contributed by atoms with Gasteiger partial charge in [-0.25, -0.2) is 4.98 Å². The van der Waals surface area contributed by atoms with E-state index in [2.05, 4.69) is 31.8 Å². The van der Waals surface area contributed by atoms with Crippen LogP contribution in [0.5, 0.6) is 5.88 Å². The van der Waals surface area contributed by atoms with Gasteiger partial charge in [0.2, 0.25) is 5.88 Å². The Morgan fingerprint density at radius 1 is 1.27 bits per heavy atom. The third kappa shape index (κ3) is 3.22. The molecule has 0 amide bonds. The predicted molar refractivity (Wildman–Crippen MR) is 63.3 cm³/mol. The van der Waals surface area contributed by atoms with Crippen molar-refractivity contribution in [1.29, 1.82) is 0 Å². The summed E-state index contributed by atoms with van der Waals surface area (Å²) in [6.45, 7) is 9.37. The Balaban J connectivity index is 2.78. The van der Waals surface area contributed by atoms with Crippen LogP contribution in [0.25, 0.3) is 0 Å². The fourth-order valence-corrected chi connectivity index (χ4v) is 1.78. The van der Waals surface area contributed by atoms with Crippen LogP contribution >= 0.6 is 0 Å². The number of aromatic nitrogens is 1. The second-order valence-corrected chi connectivity index (χ2v) is 4.45. The van der Waals surface area contributed by atoms with Crippen molar-refractivity contribution in [2.45, 2.75) is 46.0 Å². The molecule has 0 unspecified atom stereocenters. The fraction of sp³-hybridized carbons (Fsp3) is 0.615. The molecule has 0 N–H and O–H groups in total. The summed E-state index contributed by atoms with van der Waals surface area (Å²) >= 11 is 0. The zero-order valence-corrected chi connectivity index (χ0v) is 10.2. The molecule has 1 aromatic heterocycles. The van der Waals surface area contributed by atoms with Crippen molar-refractivity contribution < 1.29 is 4.74 Å². The van der Waals surface area contributed by atoms with E-state index in [4.69, 9.17) is 4.74 Å². The van der Waals surface area contributed by atoms with Crippen molar-refractivity contribution in [1.82, 2.24) is 4.98 Å². The van der Waals surface area contributed by atoms with Crippen LogP contribution < -0.4 is 4.74 Å². The lowest BCUT2D eigenvalue weighted by molar-refractivity contribution is 0.326. The zero-order chi connectivity index (χ0) is 11.3. The zero-order valence-electron chi connectivity index (χ0n) is 10.2. The summed E-state index contributed by atoms with van der Waals surface area (Å²) in [6.07, 6.45) is 4.31. The summed E-state index contributed by atoms with van der Waals surface area (Å²) in [5.41, 5.74) is 1.50. The second kappa shape index (κ2) is 5.15. The van der Waals surface area contributed by atoms with E-state index in [9.17, 15) is 0 Å². The van der Waals surface area contributed by atoms with Gasteiger partial charge < -0.3 is 4.74 Å². The molecule has 0 atom stereocenters. The van der Waals surface area contributed by atoms with Crippen LogP contribution in [0.2, 0.25) is 0 Å². The van der Waals surface area contributed by atoms with E-state index in [0.29, 0.717) is 12.5 Å². The third-order valence-corrected chi connectivity index (χ3v) is 2.69. The van der Waals surface area contributed by atoms with E-state index < -0.39 is 0 Å². The number of hydrogen-bond donors (Lipinski definition) is 0. The number of nitrogens with zero attached hydrogens (tertiary/aromatic N) is 1. The van der Waals surface area contributed by atoms with Gasteiger partial charge >= 0.3 is 0 Å². The number of ether oxygens (including phenoxy) is 1. The number of hydrogen-bond acceptors (Lipinski definition) is 2. The van der Waals surface area contributed by atoms with E-state index in [1.165, 1.54) is 18.4 Å². The van der Waals surface area contributed by atoms with Crippen LogP contribution in [0, 0.1) is 0 Å². The van der Waals surface area contributed by atoms with Crippen LogP contribution in [0.4, 0.5) is 0 Å². The first-order valence-corrected chi connectivity index (χ1v) is 5.69. The molecular formula is C13H21NO. The van der Waals surface area contributed by atoms with E-state index in [-0.39, 0.29) is 5.41 Å². The molecule has 0 fully saturated rings. The van der Waals surface area contributed by atoms with Crippen molar-refractivity contribution in [3.05, 3.63) is 23.9 Å². The summed E-state index contributed by atoms with van der Waals surface area (Å²) in [5, 5.41) is 0. The molecule has 0 aliphatic heterocycles. The quantitative estimate of drug-likeness (QED) is 0.736. The molecular weight excluding hydrogens is 186 g/mol. The highest BCUT2D eigenvalue weighted by Crippen LogP contribution is 2.28. The first-order chi connectivity index (χ1) is 7.10. The molecule has 2 heteroatoms. The fourth-order valence-electron chi connectivity index (χ4n) is 1.78. The van der Waals surface area contributed by atoms with Gasteiger partial charge in [-0.2, -0.15) is 0 Å². The summed E-state index contributed by atoms with van der Waals surface area (Å²) in [4.78, 5) is 4.29. The van der Waals surface area contributed by atoms with Crippen molar-refractivity contribution >= 4 is 0 Å². The molecule has 0 bridgehead atoms. The minimum atomic E-state index is 0.215. The SMILES string of the molecule is CCCC(C)(C)c1ccc(OCC)nc1. The Labute approximate surface area is 92.7 Å². The minimum absolute atomic E-state index is 0.215. The predicted octanol–water partition coefficient (Wildman–Crippen LogP) is 3.56. The molecule has 0 aliphatic rings. The van der Waals surface area contributed by atoms with E-state index in [1.54, 1.807) is 0 Å². The number of rotatable bonds is 5. The monoisotopic (exact) mass is 207 g/mol. The normalized spacial score (nSPS) is 11.5. The van der Waals surface area contributed by atoms with Gasteiger partial charge in [0.05, 0.1) is 6.61 Å². The maximum Gasteiger partial charge on any atom is 0.213 e. The molecule has 84 valence electrons. The summed E-state index contributed by atoms with van der Waals surface area (Å²) in [6, 6.07) is 4.07. The Morgan fingerprint density at radius 2 is 2.00 bits per heavy atom. The van der Waals surface area contributed by atoms with E-state index in [1.807, 2.05) is 19.2 Å². The van der Waals surface area contributed by atoms with Crippen molar-refractivity contribution in [2.75, 3.05) is 6.61 Å². The number of pyridine rings is 1. The summed E-state index contributed by atoms with van der Waals surface area (Å²) in [7, 11) is 0. The molecule has 1 rings (SSSR count). The van der Waals surface area contributed by atoms with Crippen LogP contribution in [0.3, 0.4) is 0 Å². The minimum Gasteiger partial charge on any atom is -0.478 e. The first-order valence-electron chi connectivity index (χ1n) is 5.69. The second-order valence-electron chi connectivity index (χ2n) is 4.45. The Bertz CT molecular complexity index is 290. The molecule has 0 aliphatic carbocycles. The van der Waals surface area contributed by atoms with Crippen LogP contribution in [0.15, 0.2) is 18.3 Å². The molecule has 1 heterocycles. The van der Waals surface area contributed by atoms with Gasteiger partial charge in [0.1, 0.15) is 0 Å². The molecule has 0 aromatic carbocycles. The van der Waals surface area contributed by atoms with Gasteiger partial charge in [-0.15, -0.1) is 0 Å². The Morgan fingerprint density at radius 3 is 2.47 bits per heavy atom. The van der Waals surface area contributed by atoms with Crippen molar-refractivity contribution in [3.63, 3.8) is 0 Å². The van der Waals surface area contributed by atoms with Gasteiger partial charge in [0.15, 0.2) is 0 Å². The average molecular weight is 207 g/mol. The van der Waals surface area contributed by atoms with Crippen LogP contribution in [-0.2, 0) is 5.41 Å². The van der Waals surface area contributed by atoms with Crippen molar-refractivity contribution in [3.8, 4) is 5.88 Å². The van der Waals surface area contributed by atoms with Gasteiger partial charge in [-0.1, -0.05) is 33.3 Å². The largest absolute Gasteiger partial charge is 0.478 e. The van der Waals surface area contributed by atoms with Gasteiger partial charge in [0, 0.05) is 12.3 Å².